The zero-order valence-corrected chi connectivity index (χ0v) is 30.7. The standard InChI is InChI=1S/C54H31N3/c1-3-11-39-32(9-1)17-18-33-23-27-49(55-51(33)39)36-21-25-42-40-12-4-6-14-44(40)54(46(42)30-36)45-15-7-5-13-41(45)43-26-22-37(31-47(43)54)50-28-24-34-19-20-38-29-35-10-2-8-16-48(35)56-53(38)52(34)57-50/h1-31H. The molecule has 0 amide bonds. The van der Waals surface area contributed by atoms with Crippen LogP contribution in [0.3, 0.4) is 0 Å². The Morgan fingerprint density at radius 3 is 1.49 bits per heavy atom. The quantitative estimate of drug-likeness (QED) is 0.132. The Balaban J connectivity index is 1.04. The predicted octanol–water partition coefficient (Wildman–Crippen LogP) is 13.3. The van der Waals surface area contributed by atoms with Gasteiger partial charge in [-0.1, -0.05) is 152 Å². The van der Waals surface area contributed by atoms with Crippen molar-refractivity contribution < 1.29 is 0 Å². The van der Waals surface area contributed by atoms with Crippen molar-refractivity contribution >= 4 is 54.4 Å². The van der Waals surface area contributed by atoms with Crippen LogP contribution in [0.4, 0.5) is 0 Å². The lowest BCUT2D eigenvalue weighted by molar-refractivity contribution is 0.794. The smallest absolute Gasteiger partial charge is 0.0972 e. The first-order valence-electron chi connectivity index (χ1n) is 19.6. The number of para-hydroxylation sites is 1. The van der Waals surface area contributed by atoms with E-state index in [0.29, 0.717) is 0 Å². The highest BCUT2D eigenvalue weighted by molar-refractivity contribution is 6.08. The molecule has 57 heavy (non-hydrogen) atoms. The maximum absolute atomic E-state index is 5.39. The fraction of sp³-hybridized carbons (Fsp3) is 0.0185. The van der Waals surface area contributed by atoms with Crippen LogP contribution in [0.1, 0.15) is 22.3 Å². The fourth-order valence-electron chi connectivity index (χ4n) is 10.1. The summed E-state index contributed by atoms with van der Waals surface area (Å²) in [6.45, 7) is 0. The summed E-state index contributed by atoms with van der Waals surface area (Å²) in [7, 11) is 0. The van der Waals surface area contributed by atoms with Crippen molar-refractivity contribution in [1.29, 1.82) is 0 Å². The van der Waals surface area contributed by atoms with Crippen LogP contribution in [-0.2, 0) is 5.41 Å². The van der Waals surface area contributed by atoms with Gasteiger partial charge in [0, 0.05) is 38.1 Å². The van der Waals surface area contributed by atoms with Crippen molar-refractivity contribution in [2.75, 3.05) is 0 Å². The molecule has 2 aliphatic rings. The number of hydrogen-bond donors (Lipinski definition) is 0. The normalized spacial score (nSPS) is 15.1. The molecule has 0 bridgehead atoms. The van der Waals surface area contributed by atoms with Crippen LogP contribution in [-0.4, -0.2) is 15.0 Å². The maximum Gasteiger partial charge on any atom is 0.0972 e. The highest BCUT2D eigenvalue weighted by Gasteiger charge is 2.51. The van der Waals surface area contributed by atoms with Crippen molar-refractivity contribution in [2.45, 2.75) is 5.41 Å². The van der Waals surface area contributed by atoms with Crippen LogP contribution >= 0.6 is 0 Å². The average Bonchev–Trinajstić information content (AvgIpc) is 3.74. The van der Waals surface area contributed by atoms with E-state index in [4.69, 9.17) is 15.0 Å². The third-order valence-electron chi connectivity index (χ3n) is 12.6. The largest absolute Gasteiger partial charge is 0.247 e. The number of rotatable bonds is 2. The lowest BCUT2D eigenvalue weighted by atomic mass is 9.70. The molecule has 2 aliphatic carbocycles. The summed E-state index contributed by atoms with van der Waals surface area (Å²) in [6, 6.07) is 68.5. The molecular weight excluding hydrogens is 691 g/mol. The topological polar surface area (TPSA) is 38.7 Å². The number of nitrogens with zero attached hydrogens (tertiary/aromatic N) is 3. The average molecular weight is 722 g/mol. The van der Waals surface area contributed by atoms with Crippen molar-refractivity contribution in [3.63, 3.8) is 0 Å². The Bertz CT molecular complexity index is 3530. The molecule has 0 N–H and O–H groups in total. The Kier molecular flexibility index (Phi) is 6.10. The van der Waals surface area contributed by atoms with E-state index in [1.54, 1.807) is 0 Å². The van der Waals surface area contributed by atoms with Crippen molar-refractivity contribution in [1.82, 2.24) is 15.0 Å². The number of pyridine rings is 3. The van der Waals surface area contributed by atoms with E-state index in [1.807, 2.05) is 6.07 Å². The Hall–Kier alpha value is -7.49. The van der Waals surface area contributed by atoms with Gasteiger partial charge >= 0.3 is 0 Å². The number of aromatic nitrogens is 3. The zero-order chi connectivity index (χ0) is 37.2. The summed E-state index contributed by atoms with van der Waals surface area (Å²) in [5.41, 5.74) is 17.7. The van der Waals surface area contributed by atoms with Crippen molar-refractivity contribution in [3.8, 4) is 44.8 Å². The SMILES string of the molecule is c1ccc2c(c1)-c1ccc(-c3ccc4ccc5ccccc5c4n3)cc1C21c2ccccc2-c2ccc(-c3ccc4ccc5cc6ccccc6nc5c4n3)cc21. The minimum atomic E-state index is -0.516. The van der Waals surface area contributed by atoms with E-state index in [0.717, 1.165) is 66.1 Å². The Labute approximate surface area is 328 Å². The van der Waals surface area contributed by atoms with Gasteiger partial charge in [0.05, 0.1) is 38.9 Å². The summed E-state index contributed by atoms with van der Waals surface area (Å²) >= 11 is 0. The predicted molar refractivity (Wildman–Crippen MR) is 235 cm³/mol. The second kappa shape index (κ2) is 11.3. The van der Waals surface area contributed by atoms with Crippen molar-refractivity contribution in [3.05, 3.63) is 210 Å². The van der Waals surface area contributed by atoms with E-state index in [2.05, 4.69) is 182 Å². The van der Waals surface area contributed by atoms with E-state index >= 15 is 0 Å². The zero-order valence-electron chi connectivity index (χ0n) is 30.7. The van der Waals surface area contributed by atoms with Crippen LogP contribution in [0.2, 0.25) is 0 Å². The van der Waals surface area contributed by atoms with E-state index < -0.39 is 5.41 Å². The molecule has 1 spiro atoms. The molecule has 0 saturated heterocycles. The van der Waals surface area contributed by atoms with Gasteiger partial charge in [0.15, 0.2) is 0 Å². The van der Waals surface area contributed by atoms with E-state index in [1.165, 1.54) is 55.3 Å². The van der Waals surface area contributed by atoms with E-state index in [-0.39, 0.29) is 0 Å². The summed E-state index contributed by atoms with van der Waals surface area (Å²) < 4.78 is 0. The summed E-state index contributed by atoms with van der Waals surface area (Å²) in [5.74, 6) is 0. The summed E-state index contributed by atoms with van der Waals surface area (Å²) in [6.07, 6.45) is 0. The molecule has 262 valence electrons. The van der Waals surface area contributed by atoms with Gasteiger partial charge in [-0.25, -0.2) is 15.0 Å². The molecule has 8 aromatic carbocycles. The number of fused-ring (bicyclic) bond motifs is 17. The molecule has 1 unspecified atom stereocenters. The van der Waals surface area contributed by atoms with Gasteiger partial charge in [-0.2, -0.15) is 0 Å². The van der Waals surface area contributed by atoms with Gasteiger partial charge in [0.25, 0.3) is 0 Å². The van der Waals surface area contributed by atoms with Gasteiger partial charge in [-0.3, -0.25) is 0 Å². The van der Waals surface area contributed by atoms with Crippen LogP contribution in [0, 0.1) is 0 Å². The molecule has 3 aromatic heterocycles. The number of hydrogen-bond acceptors (Lipinski definition) is 3. The third kappa shape index (κ3) is 4.18. The first-order valence-corrected chi connectivity index (χ1v) is 19.6. The summed E-state index contributed by atoms with van der Waals surface area (Å²) in [5, 5.41) is 6.83. The molecule has 3 heterocycles. The third-order valence-corrected chi connectivity index (χ3v) is 12.6. The van der Waals surface area contributed by atoms with Gasteiger partial charge in [-0.05, 0) is 86.3 Å². The van der Waals surface area contributed by atoms with E-state index in [9.17, 15) is 0 Å². The lowest BCUT2D eigenvalue weighted by Crippen LogP contribution is -2.26. The van der Waals surface area contributed by atoms with Gasteiger partial charge < -0.3 is 0 Å². The monoisotopic (exact) mass is 721 g/mol. The maximum atomic E-state index is 5.39. The van der Waals surface area contributed by atoms with Gasteiger partial charge in [0.2, 0.25) is 0 Å². The van der Waals surface area contributed by atoms with Crippen LogP contribution in [0.25, 0.3) is 99.2 Å². The molecule has 3 nitrogen and oxygen atoms in total. The molecule has 11 aromatic rings. The van der Waals surface area contributed by atoms with Crippen LogP contribution < -0.4 is 0 Å². The second-order valence-corrected chi connectivity index (χ2v) is 15.5. The first-order chi connectivity index (χ1) is 28.2. The second-order valence-electron chi connectivity index (χ2n) is 15.5. The molecule has 0 fully saturated rings. The highest BCUT2D eigenvalue weighted by atomic mass is 14.8. The molecule has 0 saturated carbocycles. The summed E-state index contributed by atoms with van der Waals surface area (Å²) in [4.78, 5) is 15.9. The van der Waals surface area contributed by atoms with Crippen LogP contribution in [0.15, 0.2) is 188 Å². The highest BCUT2D eigenvalue weighted by Crippen LogP contribution is 2.63. The van der Waals surface area contributed by atoms with Crippen LogP contribution in [0.5, 0.6) is 0 Å². The fourth-order valence-corrected chi connectivity index (χ4v) is 10.1. The minimum absolute atomic E-state index is 0.516. The Morgan fingerprint density at radius 2 is 0.789 bits per heavy atom. The van der Waals surface area contributed by atoms with Gasteiger partial charge in [-0.15, -0.1) is 0 Å². The molecule has 1 atom stereocenters. The van der Waals surface area contributed by atoms with Crippen molar-refractivity contribution in [2.24, 2.45) is 0 Å². The molecule has 0 radical (unpaired) electrons. The lowest BCUT2D eigenvalue weighted by Gasteiger charge is -2.31. The molecular formula is C54H31N3. The Morgan fingerprint density at radius 1 is 0.298 bits per heavy atom. The number of benzene rings is 8. The molecule has 13 rings (SSSR count). The first kappa shape index (κ1) is 30.8. The molecule has 0 aliphatic heterocycles. The molecule has 3 heteroatoms. The van der Waals surface area contributed by atoms with Gasteiger partial charge in [0.1, 0.15) is 0 Å². The minimum Gasteiger partial charge on any atom is -0.247 e.